The molecule has 26 heavy (non-hydrogen) atoms. The number of nitrogens with one attached hydrogen (secondary N) is 1. The summed E-state index contributed by atoms with van der Waals surface area (Å²) in [7, 11) is 1.38. The number of urea groups is 1. The number of anilines is 1. The van der Waals surface area contributed by atoms with Gasteiger partial charge in [0.1, 0.15) is 12.1 Å². The SMILES string of the molecule is COCC1(c2ccccc2)c2cc(Cl)ccc2NC(=O)N1CC(F)(F)F. The molecule has 1 aliphatic rings. The van der Waals surface area contributed by atoms with Gasteiger partial charge in [-0.2, -0.15) is 13.2 Å². The van der Waals surface area contributed by atoms with E-state index < -0.39 is 24.3 Å². The van der Waals surface area contributed by atoms with E-state index in [9.17, 15) is 18.0 Å². The Labute approximate surface area is 153 Å². The van der Waals surface area contributed by atoms with Gasteiger partial charge < -0.3 is 10.1 Å². The quantitative estimate of drug-likeness (QED) is 0.834. The van der Waals surface area contributed by atoms with Crippen LogP contribution in [0.25, 0.3) is 0 Å². The minimum atomic E-state index is -4.58. The van der Waals surface area contributed by atoms with Crippen molar-refractivity contribution in [3.63, 3.8) is 0 Å². The summed E-state index contributed by atoms with van der Waals surface area (Å²) < 4.78 is 45.1. The Bertz CT molecular complexity index is 814. The lowest BCUT2D eigenvalue weighted by molar-refractivity contribution is -0.151. The van der Waals surface area contributed by atoms with E-state index in [4.69, 9.17) is 16.3 Å². The summed E-state index contributed by atoms with van der Waals surface area (Å²) in [5, 5.41) is 2.87. The number of carbonyl (C=O) groups is 1. The molecule has 8 heteroatoms. The molecule has 0 spiro atoms. The molecule has 4 nitrogen and oxygen atoms in total. The van der Waals surface area contributed by atoms with Crippen molar-refractivity contribution < 1.29 is 22.7 Å². The molecule has 138 valence electrons. The number of benzene rings is 2. The molecule has 3 rings (SSSR count). The van der Waals surface area contributed by atoms with E-state index in [1.807, 2.05) is 0 Å². The fraction of sp³-hybridized carbons (Fsp3) is 0.278. The summed E-state index contributed by atoms with van der Waals surface area (Å²) in [6.07, 6.45) is -4.58. The number of nitrogens with zero attached hydrogens (tertiary/aromatic N) is 1. The zero-order chi connectivity index (χ0) is 18.9. The highest BCUT2D eigenvalue weighted by molar-refractivity contribution is 6.30. The Kier molecular flexibility index (Phi) is 4.86. The monoisotopic (exact) mass is 384 g/mol. The van der Waals surface area contributed by atoms with E-state index in [-0.39, 0.29) is 6.61 Å². The highest BCUT2D eigenvalue weighted by Gasteiger charge is 2.51. The van der Waals surface area contributed by atoms with Crippen LogP contribution in [-0.2, 0) is 10.3 Å². The molecule has 2 aromatic rings. The highest BCUT2D eigenvalue weighted by Crippen LogP contribution is 2.45. The van der Waals surface area contributed by atoms with Gasteiger partial charge in [0.15, 0.2) is 0 Å². The summed E-state index contributed by atoms with van der Waals surface area (Å²) in [5.74, 6) is 0. The first-order chi connectivity index (χ1) is 12.3. The van der Waals surface area contributed by atoms with Crippen LogP contribution in [0.3, 0.4) is 0 Å². The summed E-state index contributed by atoms with van der Waals surface area (Å²) >= 11 is 6.11. The first-order valence-electron chi connectivity index (χ1n) is 7.78. The average Bonchev–Trinajstić information content (AvgIpc) is 2.58. The molecule has 1 heterocycles. The number of methoxy groups -OCH3 is 1. The molecule has 1 unspecified atom stereocenters. The third-order valence-electron chi connectivity index (χ3n) is 4.32. The van der Waals surface area contributed by atoms with Crippen LogP contribution in [0.4, 0.5) is 23.7 Å². The predicted molar refractivity (Wildman–Crippen MR) is 92.3 cm³/mol. The second kappa shape index (κ2) is 6.81. The van der Waals surface area contributed by atoms with E-state index in [0.717, 1.165) is 4.90 Å². The Morgan fingerprint density at radius 2 is 1.88 bits per heavy atom. The maximum absolute atomic E-state index is 13.3. The summed E-state index contributed by atoms with van der Waals surface area (Å²) in [6, 6.07) is 12.4. The Morgan fingerprint density at radius 3 is 2.50 bits per heavy atom. The molecule has 1 N–H and O–H groups in total. The van der Waals surface area contributed by atoms with E-state index in [1.54, 1.807) is 48.5 Å². The van der Waals surface area contributed by atoms with Crippen molar-refractivity contribution in [3.05, 3.63) is 64.7 Å². The van der Waals surface area contributed by atoms with Gasteiger partial charge >= 0.3 is 12.2 Å². The van der Waals surface area contributed by atoms with E-state index in [0.29, 0.717) is 21.8 Å². The molecular formula is C18H16ClF3N2O2. The topological polar surface area (TPSA) is 41.6 Å². The van der Waals surface area contributed by atoms with Gasteiger partial charge in [0.2, 0.25) is 0 Å². The fourth-order valence-electron chi connectivity index (χ4n) is 3.33. The van der Waals surface area contributed by atoms with Crippen molar-refractivity contribution in [1.82, 2.24) is 4.90 Å². The number of rotatable bonds is 4. The minimum absolute atomic E-state index is 0.159. The molecule has 0 fully saturated rings. The van der Waals surface area contributed by atoms with Gasteiger partial charge in [-0.05, 0) is 23.8 Å². The molecule has 0 saturated heterocycles. The Balaban J connectivity index is 2.31. The lowest BCUT2D eigenvalue weighted by atomic mass is 9.79. The van der Waals surface area contributed by atoms with Crippen molar-refractivity contribution >= 4 is 23.3 Å². The molecule has 1 aliphatic heterocycles. The van der Waals surface area contributed by atoms with Crippen molar-refractivity contribution in [3.8, 4) is 0 Å². The van der Waals surface area contributed by atoms with Gasteiger partial charge in [-0.15, -0.1) is 0 Å². The van der Waals surface area contributed by atoms with Gasteiger partial charge in [-0.25, -0.2) is 4.79 Å². The molecule has 0 aromatic heterocycles. The van der Waals surface area contributed by atoms with Crippen molar-refractivity contribution in [2.75, 3.05) is 25.6 Å². The molecule has 0 aliphatic carbocycles. The number of ether oxygens (including phenoxy) is 1. The normalized spacial score (nSPS) is 19.9. The van der Waals surface area contributed by atoms with Crippen LogP contribution in [-0.4, -0.2) is 37.4 Å². The number of fused-ring (bicyclic) bond motifs is 1. The number of halogens is 4. The van der Waals surface area contributed by atoms with Gasteiger partial charge in [0.25, 0.3) is 0 Å². The van der Waals surface area contributed by atoms with Crippen LogP contribution >= 0.6 is 11.6 Å². The molecule has 1 atom stereocenters. The van der Waals surface area contributed by atoms with Crippen LogP contribution in [0.1, 0.15) is 11.1 Å². The van der Waals surface area contributed by atoms with Crippen LogP contribution in [0.5, 0.6) is 0 Å². The largest absolute Gasteiger partial charge is 0.406 e. The van der Waals surface area contributed by atoms with Gasteiger partial charge in [0.05, 0.1) is 6.61 Å². The number of hydrogen-bond acceptors (Lipinski definition) is 2. The summed E-state index contributed by atoms with van der Waals surface area (Å²) in [5.41, 5.74) is -0.112. The lowest BCUT2D eigenvalue weighted by Gasteiger charge is -2.48. The van der Waals surface area contributed by atoms with Gasteiger partial charge in [-0.3, -0.25) is 4.90 Å². The third kappa shape index (κ3) is 3.24. The zero-order valence-electron chi connectivity index (χ0n) is 13.8. The second-order valence-electron chi connectivity index (χ2n) is 5.98. The number of hydrogen-bond donors (Lipinski definition) is 1. The Morgan fingerprint density at radius 1 is 1.19 bits per heavy atom. The molecule has 2 aromatic carbocycles. The maximum Gasteiger partial charge on any atom is 0.406 e. The predicted octanol–water partition coefficient (Wildman–Crippen LogP) is 4.64. The number of alkyl halides is 3. The standard InChI is InChI=1S/C18H16ClF3N2O2/c1-26-11-17(12-5-3-2-4-6-12)14-9-13(19)7-8-15(14)23-16(25)24(17)10-18(20,21)22/h2-9H,10-11H2,1H3,(H,23,25). The summed E-state index contributed by atoms with van der Waals surface area (Å²) in [6.45, 7) is -1.59. The maximum atomic E-state index is 13.3. The fourth-order valence-corrected chi connectivity index (χ4v) is 3.50. The smallest absolute Gasteiger partial charge is 0.382 e. The van der Waals surface area contributed by atoms with Crippen molar-refractivity contribution in [2.24, 2.45) is 0 Å². The lowest BCUT2D eigenvalue weighted by Crippen LogP contribution is -2.60. The average molecular weight is 385 g/mol. The van der Waals surface area contributed by atoms with E-state index in [2.05, 4.69) is 5.32 Å². The first kappa shape index (κ1) is 18.5. The third-order valence-corrected chi connectivity index (χ3v) is 4.55. The van der Waals surface area contributed by atoms with E-state index >= 15 is 0 Å². The second-order valence-corrected chi connectivity index (χ2v) is 6.42. The van der Waals surface area contributed by atoms with Crippen LogP contribution in [0.2, 0.25) is 5.02 Å². The molecule has 0 saturated carbocycles. The Hall–Kier alpha value is -2.25. The van der Waals surface area contributed by atoms with Gasteiger partial charge in [0, 0.05) is 23.4 Å². The van der Waals surface area contributed by atoms with Crippen molar-refractivity contribution in [1.29, 1.82) is 0 Å². The van der Waals surface area contributed by atoms with Crippen LogP contribution in [0.15, 0.2) is 48.5 Å². The first-order valence-corrected chi connectivity index (χ1v) is 8.15. The van der Waals surface area contributed by atoms with E-state index in [1.165, 1.54) is 7.11 Å². The molecule has 0 bridgehead atoms. The highest BCUT2D eigenvalue weighted by atomic mass is 35.5. The van der Waals surface area contributed by atoms with Gasteiger partial charge in [-0.1, -0.05) is 41.9 Å². The molecule has 2 amide bonds. The zero-order valence-corrected chi connectivity index (χ0v) is 14.6. The molecular weight excluding hydrogens is 369 g/mol. The number of amides is 2. The van der Waals surface area contributed by atoms with Crippen LogP contribution < -0.4 is 5.32 Å². The minimum Gasteiger partial charge on any atom is -0.382 e. The summed E-state index contributed by atoms with van der Waals surface area (Å²) in [4.78, 5) is 13.4. The van der Waals surface area contributed by atoms with Crippen molar-refractivity contribution in [2.45, 2.75) is 11.7 Å². The molecule has 0 radical (unpaired) electrons. The van der Waals surface area contributed by atoms with Crippen LogP contribution in [0, 0.1) is 0 Å². The number of carbonyl (C=O) groups excluding carboxylic acids is 1.